The van der Waals surface area contributed by atoms with Gasteiger partial charge in [0.15, 0.2) is 23.9 Å². The van der Waals surface area contributed by atoms with E-state index in [0.29, 0.717) is 50.5 Å². The summed E-state index contributed by atoms with van der Waals surface area (Å²) in [6.45, 7) is 0.427. The molecule has 10 heteroatoms. The van der Waals surface area contributed by atoms with Crippen LogP contribution in [-0.4, -0.2) is 25.2 Å². The predicted molar refractivity (Wildman–Crippen MR) is 142 cm³/mol. The zero-order valence-electron chi connectivity index (χ0n) is 20.6. The van der Waals surface area contributed by atoms with Crippen molar-refractivity contribution < 1.29 is 28.4 Å². The van der Waals surface area contributed by atoms with Crippen molar-refractivity contribution in [2.24, 2.45) is 0 Å². The Kier molecular flexibility index (Phi) is 8.99. The Balaban J connectivity index is 1.54. The smallest absolute Gasteiger partial charge is 0.338 e. The van der Waals surface area contributed by atoms with Crippen molar-refractivity contribution in [3.8, 4) is 11.5 Å². The summed E-state index contributed by atoms with van der Waals surface area (Å²) in [5, 5.41) is 3.94. The summed E-state index contributed by atoms with van der Waals surface area (Å²) in [5.41, 5.74) is 3.13. The molecule has 0 radical (unpaired) electrons. The standard InChI is InChI=1S/C28H24Cl2FN3O4/c1-36-25-8-7-19(9-27(25)37-2)26(11-22-23(29)15-33-16-24(22)30)38-28(35)18-5-3-17(4-6-18)12-34-21-10-20(31)13-32-14-21/h3-10,13-16,26,34H,11-12H2,1-2H3/p+1/t26-/m0/s1. The maximum Gasteiger partial charge on any atom is 0.338 e. The monoisotopic (exact) mass is 556 g/mol. The number of hydrogen-bond donors (Lipinski definition) is 1. The first kappa shape index (κ1) is 27.2. The SMILES string of the molecule is COc1ccc([C@H](Cc2c(Cl)c[nH+]cc2Cl)OC(=O)c2ccc(CNc3cncc(F)c3)cc2)cc1OC. The zero-order chi connectivity index (χ0) is 27.1. The maximum absolute atomic E-state index is 13.3. The number of carbonyl (C=O) groups excluding carboxylic acids is 1. The van der Waals surface area contributed by atoms with Gasteiger partial charge < -0.3 is 19.5 Å². The van der Waals surface area contributed by atoms with Crippen molar-refractivity contribution in [1.82, 2.24) is 4.98 Å². The quantitative estimate of drug-likeness (QED) is 0.237. The van der Waals surface area contributed by atoms with E-state index in [1.165, 1.54) is 19.4 Å². The van der Waals surface area contributed by atoms with E-state index in [1.807, 2.05) is 0 Å². The second-order valence-electron chi connectivity index (χ2n) is 8.28. The van der Waals surface area contributed by atoms with Gasteiger partial charge in [0.1, 0.15) is 22.0 Å². The number of aromatic nitrogens is 2. The fraction of sp³-hybridized carbons (Fsp3) is 0.179. The van der Waals surface area contributed by atoms with Crippen LogP contribution in [0.15, 0.2) is 73.3 Å². The average Bonchev–Trinajstić information content (AvgIpc) is 2.93. The summed E-state index contributed by atoms with van der Waals surface area (Å²) in [5.74, 6) is 0.0987. The number of aromatic amines is 1. The zero-order valence-corrected chi connectivity index (χ0v) is 22.1. The van der Waals surface area contributed by atoms with Gasteiger partial charge in [0, 0.05) is 24.6 Å². The molecule has 0 aliphatic rings. The number of pyridine rings is 2. The van der Waals surface area contributed by atoms with Gasteiger partial charge in [0.05, 0.1) is 37.9 Å². The lowest BCUT2D eigenvalue weighted by Crippen LogP contribution is -2.16. The summed E-state index contributed by atoms with van der Waals surface area (Å²) < 4.78 is 30.1. The van der Waals surface area contributed by atoms with Crippen molar-refractivity contribution >= 4 is 34.9 Å². The molecule has 4 aromatic rings. The number of anilines is 1. The number of carbonyl (C=O) groups is 1. The van der Waals surface area contributed by atoms with Crippen LogP contribution in [-0.2, 0) is 17.7 Å². The molecule has 2 aromatic heterocycles. The number of H-pyrrole nitrogens is 1. The summed E-state index contributed by atoms with van der Waals surface area (Å²) in [6.07, 6.45) is 5.41. The molecule has 7 nitrogen and oxygen atoms in total. The normalized spacial score (nSPS) is 11.5. The minimum atomic E-state index is -0.721. The Morgan fingerprint density at radius 1 is 1.00 bits per heavy atom. The lowest BCUT2D eigenvalue weighted by Gasteiger charge is -2.20. The van der Waals surface area contributed by atoms with E-state index in [-0.39, 0.29) is 6.42 Å². The number of nitrogens with one attached hydrogen (secondary N) is 2. The van der Waals surface area contributed by atoms with E-state index in [2.05, 4.69) is 15.3 Å². The molecule has 2 N–H and O–H groups in total. The van der Waals surface area contributed by atoms with Crippen LogP contribution in [0.5, 0.6) is 11.5 Å². The Morgan fingerprint density at radius 3 is 2.37 bits per heavy atom. The van der Waals surface area contributed by atoms with Gasteiger partial charge in [-0.05, 0) is 35.4 Å². The van der Waals surface area contributed by atoms with Gasteiger partial charge in [0.2, 0.25) is 0 Å². The van der Waals surface area contributed by atoms with E-state index in [9.17, 15) is 9.18 Å². The van der Waals surface area contributed by atoms with Crippen LogP contribution in [0, 0.1) is 5.82 Å². The molecule has 1 atom stereocenters. The molecule has 2 heterocycles. The molecule has 0 spiro atoms. The van der Waals surface area contributed by atoms with E-state index >= 15 is 0 Å². The Hall–Kier alpha value is -3.88. The number of ether oxygens (including phenoxy) is 3. The van der Waals surface area contributed by atoms with Crippen LogP contribution >= 0.6 is 23.2 Å². The lowest BCUT2D eigenvalue weighted by molar-refractivity contribution is -0.377. The highest BCUT2D eigenvalue weighted by Gasteiger charge is 2.24. The number of methoxy groups -OCH3 is 2. The third kappa shape index (κ3) is 6.70. The van der Waals surface area contributed by atoms with E-state index < -0.39 is 17.9 Å². The van der Waals surface area contributed by atoms with Crippen LogP contribution in [0.2, 0.25) is 10.0 Å². The van der Waals surface area contributed by atoms with Crippen molar-refractivity contribution in [1.29, 1.82) is 0 Å². The third-order valence-corrected chi connectivity index (χ3v) is 6.48. The molecular formula is C28H25Cl2FN3O4+. The van der Waals surface area contributed by atoms with Crippen LogP contribution in [0.4, 0.5) is 10.1 Å². The molecule has 0 amide bonds. The summed E-state index contributed by atoms with van der Waals surface area (Å²) in [7, 11) is 3.08. The molecule has 0 saturated heterocycles. The van der Waals surface area contributed by atoms with E-state index in [1.54, 1.807) is 62.0 Å². The minimum absolute atomic E-state index is 0.233. The Labute approximate surface area is 229 Å². The summed E-state index contributed by atoms with van der Waals surface area (Å²) in [6, 6.07) is 13.6. The van der Waals surface area contributed by atoms with E-state index in [0.717, 1.165) is 11.8 Å². The number of benzene rings is 2. The lowest BCUT2D eigenvalue weighted by atomic mass is 10.0. The number of rotatable bonds is 10. The number of hydrogen-bond acceptors (Lipinski definition) is 6. The minimum Gasteiger partial charge on any atom is -0.493 e. The van der Waals surface area contributed by atoms with Gasteiger partial charge in [-0.3, -0.25) is 4.98 Å². The molecule has 0 aliphatic carbocycles. The first-order chi connectivity index (χ1) is 18.4. The highest BCUT2D eigenvalue weighted by Crippen LogP contribution is 2.35. The second kappa shape index (κ2) is 12.6. The fourth-order valence-corrected chi connectivity index (χ4v) is 4.34. The van der Waals surface area contributed by atoms with Crippen LogP contribution in [0.3, 0.4) is 0 Å². The second-order valence-corrected chi connectivity index (χ2v) is 9.10. The maximum atomic E-state index is 13.3. The molecule has 38 heavy (non-hydrogen) atoms. The first-order valence-electron chi connectivity index (χ1n) is 11.6. The fourth-order valence-electron chi connectivity index (χ4n) is 3.81. The van der Waals surface area contributed by atoms with Gasteiger partial charge in [-0.2, -0.15) is 0 Å². The third-order valence-electron chi connectivity index (χ3n) is 5.81. The van der Waals surface area contributed by atoms with Crippen LogP contribution < -0.4 is 19.8 Å². The van der Waals surface area contributed by atoms with Crippen molar-refractivity contribution in [3.63, 3.8) is 0 Å². The molecule has 2 aromatic carbocycles. The van der Waals surface area contributed by atoms with Gasteiger partial charge in [-0.25, -0.2) is 14.2 Å². The van der Waals surface area contributed by atoms with Crippen molar-refractivity contribution in [3.05, 3.63) is 111 Å². The van der Waals surface area contributed by atoms with Gasteiger partial charge >= 0.3 is 5.97 Å². The van der Waals surface area contributed by atoms with E-state index in [4.69, 9.17) is 37.4 Å². The number of nitrogens with zero attached hydrogens (tertiary/aromatic N) is 1. The van der Waals surface area contributed by atoms with Crippen LogP contribution in [0.25, 0.3) is 0 Å². The molecule has 0 fully saturated rings. The van der Waals surface area contributed by atoms with Gasteiger partial charge in [0.25, 0.3) is 0 Å². The summed E-state index contributed by atoms with van der Waals surface area (Å²) >= 11 is 12.8. The number of esters is 1. The molecular weight excluding hydrogens is 532 g/mol. The first-order valence-corrected chi connectivity index (χ1v) is 12.3. The summed E-state index contributed by atoms with van der Waals surface area (Å²) in [4.78, 5) is 19.9. The average molecular weight is 557 g/mol. The Bertz CT molecular complexity index is 1400. The highest BCUT2D eigenvalue weighted by molar-refractivity contribution is 6.35. The van der Waals surface area contributed by atoms with Crippen molar-refractivity contribution in [2.45, 2.75) is 19.1 Å². The topological polar surface area (TPSA) is 83.8 Å². The predicted octanol–water partition coefficient (Wildman–Crippen LogP) is 6.11. The van der Waals surface area contributed by atoms with Crippen LogP contribution in [0.1, 0.15) is 33.2 Å². The molecule has 0 saturated carbocycles. The van der Waals surface area contributed by atoms with Gasteiger partial charge in [-0.15, -0.1) is 0 Å². The largest absolute Gasteiger partial charge is 0.493 e. The molecule has 196 valence electrons. The molecule has 4 rings (SSSR count). The van der Waals surface area contributed by atoms with Crippen molar-refractivity contribution in [2.75, 3.05) is 19.5 Å². The molecule has 0 aliphatic heterocycles. The molecule has 0 unspecified atom stereocenters. The highest BCUT2D eigenvalue weighted by atomic mass is 35.5. The number of halogens is 3. The molecule has 0 bridgehead atoms. The Morgan fingerprint density at radius 2 is 1.71 bits per heavy atom. The van der Waals surface area contributed by atoms with Gasteiger partial charge in [-0.1, -0.05) is 41.4 Å².